The van der Waals surface area contributed by atoms with E-state index >= 15 is 0 Å². The molecule has 514 valence electrons. The minimum absolute atomic E-state index is 0.164. The van der Waals surface area contributed by atoms with Crippen LogP contribution in [0, 0.1) is 0 Å². The Balaban J connectivity index is 0.850. The molecular weight excluding hydrogens is 1280 g/mol. The molecule has 21 rings (SSSR count). The second kappa shape index (κ2) is 21.6. The summed E-state index contributed by atoms with van der Waals surface area (Å²) in [6.45, 7) is 29.7. The highest BCUT2D eigenvalue weighted by Crippen LogP contribution is 2.69. The Morgan fingerprint density at radius 3 is 0.877 bits per heavy atom. The lowest BCUT2D eigenvalue weighted by atomic mass is 9.60. The fraction of sp³-hybridized carbons (Fsp3) is 0.196. The summed E-state index contributed by atoms with van der Waals surface area (Å²) in [5, 5.41) is 7.30. The number of nitrogens with zero attached hydrogens (tertiary/aromatic N) is 4. The first-order valence-electron chi connectivity index (χ1n) is 38.3. The normalized spacial score (nSPS) is 17.2. The van der Waals surface area contributed by atoms with Gasteiger partial charge < -0.3 is 19.6 Å². The molecule has 7 aliphatic rings. The van der Waals surface area contributed by atoms with Gasteiger partial charge in [0.05, 0.1) is 17.1 Å². The third-order valence-corrected chi connectivity index (χ3v) is 26.5. The van der Waals surface area contributed by atoms with Crippen LogP contribution >= 0.6 is 0 Å². The average Bonchev–Trinajstić information content (AvgIpc) is 0.867. The molecule has 106 heavy (non-hydrogen) atoms. The van der Waals surface area contributed by atoms with Crippen molar-refractivity contribution in [3.05, 3.63) is 351 Å². The van der Waals surface area contributed by atoms with E-state index < -0.39 is 16.2 Å². The van der Waals surface area contributed by atoms with E-state index in [2.05, 4.69) is 382 Å². The number of rotatable bonds is 9. The van der Waals surface area contributed by atoms with Crippen LogP contribution < -0.4 is 19.6 Å². The van der Waals surface area contributed by atoms with Crippen LogP contribution in [0.4, 0.5) is 68.2 Å². The fourth-order valence-electron chi connectivity index (χ4n) is 20.7. The Hall–Kier alpha value is -11.5. The van der Waals surface area contributed by atoms with E-state index in [1.165, 1.54) is 150 Å². The zero-order valence-corrected chi connectivity index (χ0v) is 62.8. The number of anilines is 12. The summed E-state index contributed by atoms with van der Waals surface area (Å²) in [7, 11) is 0. The summed E-state index contributed by atoms with van der Waals surface area (Å²) in [5.41, 5.74) is 36.3. The Morgan fingerprint density at radius 1 is 0.236 bits per heavy atom. The molecule has 0 saturated heterocycles. The van der Waals surface area contributed by atoms with E-state index in [-0.39, 0.29) is 16.2 Å². The molecular formula is C102H86N4. The van der Waals surface area contributed by atoms with Crippen molar-refractivity contribution in [3.8, 4) is 22.3 Å². The van der Waals surface area contributed by atoms with E-state index in [0.29, 0.717) is 0 Å². The molecule has 0 amide bonds. The first-order chi connectivity index (χ1) is 51.1. The van der Waals surface area contributed by atoms with Crippen LogP contribution in [0.3, 0.4) is 0 Å². The molecule has 3 heterocycles. The first kappa shape index (κ1) is 63.1. The van der Waals surface area contributed by atoms with E-state index in [1.54, 1.807) is 0 Å². The highest BCUT2D eigenvalue weighted by molar-refractivity contribution is 6.04. The van der Waals surface area contributed by atoms with Gasteiger partial charge in [0.1, 0.15) is 0 Å². The molecule has 0 fully saturated rings. The van der Waals surface area contributed by atoms with Crippen LogP contribution in [-0.2, 0) is 32.5 Å². The Bertz CT molecular complexity index is 6030. The quantitative estimate of drug-likeness (QED) is 0.143. The van der Waals surface area contributed by atoms with E-state index in [0.717, 1.165) is 64.0 Å². The van der Waals surface area contributed by atoms with E-state index in [4.69, 9.17) is 0 Å². The predicted octanol–water partition coefficient (Wildman–Crippen LogP) is 28.0. The monoisotopic (exact) mass is 1370 g/mol. The van der Waals surface area contributed by atoms with Crippen molar-refractivity contribution in [2.45, 2.75) is 128 Å². The summed E-state index contributed by atoms with van der Waals surface area (Å²) in [4.78, 5) is 10.6. The van der Waals surface area contributed by atoms with Crippen LogP contribution in [0.25, 0.3) is 60.1 Å². The molecule has 0 unspecified atom stereocenters. The predicted molar refractivity (Wildman–Crippen MR) is 448 cm³/mol. The first-order valence-corrected chi connectivity index (χ1v) is 38.3. The highest BCUT2D eigenvalue weighted by atomic mass is 15.2. The van der Waals surface area contributed by atoms with Crippen LogP contribution in [0.1, 0.15) is 163 Å². The van der Waals surface area contributed by atoms with Gasteiger partial charge in [-0.1, -0.05) is 253 Å². The molecule has 0 saturated carbocycles. The second-order valence-electron chi connectivity index (χ2n) is 34.5. The van der Waals surface area contributed by atoms with Crippen molar-refractivity contribution in [2.24, 2.45) is 0 Å². The van der Waals surface area contributed by atoms with Crippen molar-refractivity contribution in [1.82, 2.24) is 0 Å². The average molecular weight is 1370 g/mol. The Morgan fingerprint density at radius 2 is 0.509 bits per heavy atom. The van der Waals surface area contributed by atoms with Crippen LogP contribution in [0.2, 0.25) is 0 Å². The van der Waals surface area contributed by atoms with Crippen molar-refractivity contribution in [3.63, 3.8) is 0 Å². The van der Waals surface area contributed by atoms with Gasteiger partial charge in [-0.15, -0.1) is 0 Å². The smallest absolute Gasteiger partial charge is 0.0545 e. The van der Waals surface area contributed by atoms with Crippen LogP contribution in [0.15, 0.2) is 285 Å². The summed E-state index contributed by atoms with van der Waals surface area (Å²) in [6, 6.07) is 104. The van der Waals surface area contributed by atoms with Crippen LogP contribution in [-0.4, -0.2) is 0 Å². The molecule has 0 spiro atoms. The van der Waals surface area contributed by atoms with Crippen molar-refractivity contribution in [2.75, 3.05) is 19.6 Å². The molecule has 0 atom stereocenters. The number of allylic oxidation sites excluding steroid dienone is 4. The van der Waals surface area contributed by atoms with Gasteiger partial charge >= 0.3 is 0 Å². The molecule has 4 heteroatoms. The van der Waals surface area contributed by atoms with Gasteiger partial charge in [0.15, 0.2) is 0 Å². The summed E-state index contributed by atoms with van der Waals surface area (Å²) >= 11 is 0. The van der Waals surface area contributed by atoms with Crippen molar-refractivity contribution >= 4 is 106 Å². The van der Waals surface area contributed by atoms with Crippen LogP contribution in [0.5, 0.6) is 0 Å². The summed E-state index contributed by atoms with van der Waals surface area (Å²) < 4.78 is 0. The molecule has 14 aromatic rings. The number of benzene rings is 14. The van der Waals surface area contributed by atoms with Gasteiger partial charge in [-0.05, 0) is 255 Å². The topological polar surface area (TPSA) is 13.0 Å². The van der Waals surface area contributed by atoms with Gasteiger partial charge in [-0.2, -0.15) is 0 Å². The van der Waals surface area contributed by atoms with Crippen molar-refractivity contribution in [1.29, 1.82) is 0 Å². The molecule has 14 aromatic carbocycles. The molecule has 4 aliphatic carbocycles. The molecule has 3 aliphatic heterocycles. The summed E-state index contributed by atoms with van der Waals surface area (Å²) in [6.07, 6.45) is 6.94. The van der Waals surface area contributed by atoms with Gasteiger partial charge in [0, 0.05) is 83.7 Å². The van der Waals surface area contributed by atoms with Gasteiger partial charge in [0.25, 0.3) is 0 Å². The minimum Gasteiger partial charge on any atom is -0.310 e. The maximum Gasteiger partial charge on any atom is 0.0545 e. The zero-order valence-electron chi connectivity index (χ0n) is 62.8. The summed E-state index contributed by atoms with van der Waals surface area (Å²) in [5.74, 6) is 0. The number of hydrogen-bond donors (Lipinski definition) is 0. The maximum atomic E-state index is 2.78. The third kappa shape index (κ3) is 8.59. The fourth-order valence-corrected chi connectivity index (χ4v) is 20.7. The Labute approximate surface area is 623 Å². The Kier molecular flexibility index (Phi) is 12.9. The zero-order chi connectivity index (χ0) is 72.0. The number of fused-ring (bicyclic) bond motifs is 11. The van der Waals surface area contributed by atoms with E-state index in [1.807, 2.05) is 0 Å². The lowest BCUT2D eigenvalue weighted by Gasteiger charge is -2.55. The lowest BCUT2D eigenvalue weighted by molar-refractivity contribution is 0.567. The van der Waals surface area contributed by atoms with Gasteiger partial charge in [-0.25, -0.2) is 0 Å². The SMILES string of the molecule is CC1(C)C2=C(CCC=C2)c2ccc(N(c3cc4c5c(c3)C(C)(C)c3cc(N(c6ccc7c(c6)C(C)(C)c6ccccc6-7)c6ccc7ccccc7c6)cc6c3N5c3c(cc(N(c5ccc7c(c5)C(C)(C)c5ccccc5-7)c5ccc7ccccc7c5)cc3C6(C)C)C4(C)C)c3ccc4ccccc4c3)cc21. The number of hydrogen-bond acceptors (Lipinski definition) is 4. The molecule has 0 N–H and O–H groups in total. The lowest BCUT2D eigenvalue weighted by Crippen LogP contribution is -2.44. The van der Waals surface area contributed by atoms with E-state index in [9.17, 15) is 0 Å². The van der Waals surface area contributed by atoms with Crippen molar-refractivity contribution < 1.29 is 0 Å². The second-order valence-corrected chi connectivity index (χ2v) is 34.5. The molecule has 0 radical (unpaired) electrons. The standard InChI is InChI=1S/C102H86N4/c1-97(2)82-34-22-19-31-76(82)79-46-43-70(52-85(79)97)103(67-40-37-61-25-13-16-28-64(61)49-67)73-55-88-94-89(56-73)101(9,10)91-58-75(105(69-42-39-63-27-15-18-30-66(63)51-69)72-45-48-81-78-33-21-24-36-84(78)99(5,6)87(81)54-72)60-93-96(91)106(94)95-90(100(88,7)8)57-74(59-92(95)102(93,11)12)104(68-41-38-62-26-14-17-29-65(62)50-68)71-44-47-80-77-32-20-23-35-83(77)98(3,4)86(80)53-71/h13-20,22-32,34-60H,21,33H2,1-12H3. The molecule has 0 aromatic heterocycles. The largest absolute Gasteiger partial charge is 0.310 e. The minimum atomic E-state index is -0.539. The molecule has 0 bridgehead atoms. The van der Waals surface area contributed by atoms with Gasteiger partial charge in [0.2, 0.25) is 0 Å². The highest BCUT2D eigenvalue weighted by Gasteiger charge is 2.54. The molecule has 4 nitrogen and oxygen atoms in total. The third-order valence-electron chi connectivity index (χ3n) is 26.5. The maximum absolute atomic E-state index is 2.78. The van der Waals surface area contributed by atoms with Gasteiger partial charge in [-0.3, -0.25) is 0 Å².